The largest absolute Gasteiger partial charge is 0.383 e. The quantitative estimate of drug-likeness (QED) is 0.863. The standard InChI is InChI=1S/C12H17N5OS/c1-6-7(2)19-12-10(6)11(14)15-9(16-12)5-17(3)4-8(13)18/h4-5H2,1-3H3,(H2,13,18)(H2,14,15,16). The van der Waals surface area contributed by atoms with Crippen LogP contribution >= 0.6 is 11.3 Å². The fraction of sp³-hybridized carbons (Fsp3) is 0.417. The van der Waals surface area contributed by atoms with Crippen LogP contribution in [0, 0.1) is 13.8 Å². The summed E-state index contributed by atoms with van der Waals surface area (Å²) in [6.45, 7) is 4.68. The highest BCUT2D eigenvalue weighted by molar-refractivity contribution is 7.18. The number of carbonyl (C=O) groups excluding carboxylic acids is 1. The summed E-state index contributed by atoms with van der Waals surface area (Å²) in [4.78, 5) is 23.5. The molecule has 102 valence electrons. The van der Waals surface area contributed by atoms with Crippen LogP contribution < -0.4 is 11.5 Å². The Morgan fingerprint density at radius 1 is 1.37 bits per heavy atom. The van der Waals surface area contributed by atoms with Crippen LogP contribution in [0.2, 0.25) is 0 Å². The van der Waals surface area contributed by atoms with Crippen LogP contribution in [0.25, 0.3) is 10.2 Å². The predicted molar refractivity (Wildman–Crippen MR) is 76.8 cm³/mol. The topological polar surface area (TPSA) is 98.1 Å². The summed E-state index contributed by atoms with van der Waals surface area (Å²) in [7, 11) is 1.79. The molecule has 0 spiro atoms. The smallest absolute Gasteiger partial charge is 0.231 e. The van der Waals surface area contributed by atoms with Crippen LogP contribution in [0.1, 0.15) is 16.3 Å². The zero-order valence-electron chi connectivity index (χ0n) is 11.2. The number of aryl methyl sites for hydroxylation is 2. The summed E-state index contributed by atoms with van der Waals surface area (Å²) in [5.41, 5.74) is 12.3. The summed E-state index contributed by atoms with van der Waals surface area (Å²) < 4.78 is 0. The number of rotatable bonds is 4. The maximum Gasteiger partial charge on any atom is 0.231 e. The molecule has 0 unspecified atom stereocenters. The van der Waals surface area contributed by atoms with Gasteiger partial charge in [0.1, 0.15) is 16.5 Å². The molecule has 0 aliphatic heterocycles. The van der Waals surface area contributed by atoms with E-state index in [1.165, 1.54) is 4.88 Å². The van der Waals surface area contributed by atoms with Gasteiger partial charge in [0.25, 0.3) is 0 Å². The number of aromatic nitrogens is 2. The second kappa shape index (κ2) is 5.10. The number of carbonyl (C=O) groups is 1. The van der Waals surface area contributed by atoms with E-state index in [1.54, 1.807) is 23.3 Å². The predicted octanol–water partition coefficient (Wildman–Crippen LogP) is 0.807. The van der Waals surface area contributed by atoms with Gasteiger partial charge in [-0.2, -0.15) is 0 Å². The molecule has 0 saturated carbocycles. The van der Waals surface area contributed by atoms with Crippen molar-refractivity contribution < 1.29 is 4.79 Å². The van der Waals surface area contributed by atoms with Crippen LogP contribution in [0.15, 0.2) is 0 Å². The van der Waals surface area contributed by atoms with Crippen molar-refractivity contribution in [3.05, 3.63) is 16.3 Å². The molecule has 0 aliphatic rings. The number of hydrogen-bond donors (Lipinski definition) is 2. The van der Waals surface area contributed by atoms with E-state index < -0.39 is 0 Å². The summed E-state index contributed by atoms with van der Waals surface area (Å²) in [6.07, 6.45) is 0. The third-order valence-electron chi connectivity index (χ3n) is 2.94. The zero-order chi connectivity index (χ0) is 14.2. The van der Waals surface area contributed by atoms with E-state index in [-0.39, 0.29) is 12.5 Å². The maximum atomic E-state index is 10.8. The molecule has 0 bridgehead atoms. The van der Waals surface area contributed by atoms with E-state index in [4.69, 9.17) is 11.5 Å². The van der Waals surface area contributed by atoms with Crippen molar-refractivity contribution in [2.45, 2.75) is 20.4 Å². The highest BCUT2D eigenvalue weighted by Gasteiger charge is 2.14. The summed E-state index contributed by atoms with van der Waals surface area (Å²) >= 11 is 1.61. The number of likely N-dealkylation sites (N-methyl/N-ethyl adjacent to an activating group) is 1. The molecular formula is C12H17N5OS. The van der Waals surface area contributed by atoms with Crippen molar-refractivity contribution in [3.8, 4) is 0 Å². The van der Waals surface area contributed by atoms with Gasteiger partial charge in [-0.3, -0.25) is 9.69 Å². The Hall–Kier alpha value is -1.73. The van der Waals surface area contributed by atoms with Gasteiger partial charge in [0.15, 0.2) is 0 Å². The second-order valence-corrected chi connectivity index (χ2v) is 5.83. The lowest BCUT2D eigenvalue weighted by atomic mass is 10.2. The first kappa shape index (κ1) is 13.7. The number of nitrogen functional groups attached to an aromatic ring is 1. The first-order valence-corrected chi connectivity index (χ1v) is 6.69. The number of fused-ring (bicyclic) bond motifs is 1. The Labute approximate surface area is 115 Å². The summed E-state index contributed by atoms with van der Waals surface area (Å²) in [5, 5.41) is 0.934. The molecule has 2 aromatic rings. The third kappa shape index (κ3) is 2.82. The van der Waals surface area contributed by atoms with Crippen molar-refractivity contribution in [2.75, 3.05) is 19.3 Å². The Bertz CT molecular complexity index is 637. The fourth-order valence-electron chi connectivity index (χ4n) is 1.96. The number of anilines is 1. The molecule has 0 saturated heterocycles. The molecule has 0 radical (unpaired) electrons. The number of nitrogens with zero attached hydrogens (tertiary/aromatic N) is 3. The first-order valence-electron chi connectivity index (χ1n) is 5.87. The molecule has 0 fully saturated rings. The van der Waals surface area contributed by atoms with E-state index in [0.29, 0.717) is 18.2 Å². The van der Waals surface area contributed by atoms with Gasteiger partial charge in [-0.25, -0.2) is 9.97 Å². The molecule has 0 aromatic carbocycles. The van der Waals surface area contributed by atoms with Crippen LogP contribution in [0.3, 0.4) is 0 Å². The summed E-state index contributed by atoms with van der Waals surface area (Å²) in [5.74, 6) is 0.726. The van der Waals surface area contributed by atoms with Gasteiger partial charge in [0, 0.05) is 4.88 Å². The molecule has 0 atom stereocenters. The van der Waals surface area contributed by atoms with Crippen molar-refractivity contribution in [1.29, 1.82) is 0 Å². The average molecular weight is 279 g/mol. The van der Waals surface area contributed by atoms with Gasteiger partial charge < -0.3 is 11.5 Å². The van der Waals surface area contributed by atoms with Crippen LogP contribution in [-0.2, 0) is 11.3 Å². The lowest BCUT2D eigenvalue weighted by Gasteiger charge is -2.13. The minimum absolute atomic E-state index is 0.170. The molecule has 4 N–H and O–H groups in total. The maximum absolute atomic E-state index is 10.8. The van der Waals surface area contributed by atoms with Crippen LogP contribution in [0.4, 0.5) is 5.82 Å². The highest BCUT2D eigenvalue weighted by Crippen LogP contribution is 2.31. The van der Waals surface area contributed by atoms with Crippen molar-refractivity contribution in [3.63, 3.8) is 0 Å². The van der Waals surface area contributed by atoms with Crippen molar-refractivity contribution in [1.82, 2.24) is 14.9 Å². The molecule has 0 aliphatic carbocycles. The SMILES string of the molecule is Cc1sc2nc(CN(C)CC(N)=O)nc(N)c2c1C. The van der Waals surface area contributed by atoms with Gasteiger partial charge in [-0.1, -0.05) is 0 Å². The minimum Gasteiger partial charge on any atom is -0.383 e. The highest BCUT2D eigenvalue weighted by atomic mass is 32.1. The molecule has 19 heavy (non-hydrogen) atoms. The number of thiophene rings is 1. The Morgan fingerprint density at radius 3 is 2.68 bits per heavy atom. The molecule has 1 amide bonds. The van der Waals surface area contributed by atoms with E-state index >= 15 is 0 Å². The fourth-order valence-corrected chi connectivity index (χ4v) is 3.02. The van der Waals surface area contributed by atoms with Crippen molar-refractivity contribution >= 4 is 33.3 Å². The summed E-state index contributed by atoms with van der Waals surface area (Å²) in [6, 6.07) is 0. The van der Waals surface area contributed by atoms with E-state index in [9.17, 15) is 4.79 Å². The number of hydrogen-bond acceptors (Lipinski definition) is 6. The number of primary amides is 1. The minimum atomic E-state index is -0.376. The van der Waals surface area contributed by atoms with Gasteiger partial charge in [-0.15, -0.1) is 11.3 Å². The Morgan fingerprint density at radius 2 is 2.05 bits per heavy atom. The molecule has 6 nitrogen and oxygen atoms in total. The van der Waals surface area contributed by atoms with Gasteiger partial charge >= 0.3 is 0 Å². The average Bonchev–Trinajstić information content (AvgIpc) is 2.53. The second-order valence-electron chi connectivity index (χ2n) is 4.63. The molecule has 2 rings (SSSR count). The van der Waals surface area contributed by atoms with Crippen molar-refractivity contribution in [2.24, 2.45) is 5.73 Å². The normalized spacial score (nSPS) is 11.4. The number of nitrogens with two attached hydrogens (primary N) is 2. The monoisotopic (exact) mass is 279 g/mol. The zero-order valence-corrected chi connectivity index (χ0v) is 12.0. The lowest BCUT2D eigenvalue weighted by molar-refractivity contribution is -0.118. The van der Waals surface area contributed by atoms with Gasteiger partial charge in [-0.05, 0) is 26.5 Å². The first-order chi connectivity index (χ1) is 8.88. The molecule has 7 heteroatoms. The Balaban J connectivity index is 2.33. The van der Waals surface area contributed by atoms with Gasteiger partial charge in [0.05, 0.1) is 18.5 Å². The molecule has 2 aromatic heterocycles. The number of amides is 1. The van der Waals surface area contributed by atoms with E-state index in [1.807, 2.05) is 13.8 Å². The van der Waals surface area contributed by atoms with E-state index in [0.717, 1.165) is 15.8 Å². The lowest BCUT2D eigenvalue weighted by Crippen LogP contribution is -2.30. The molecule has 2 heterocycles. The van der Waals surface area contributed by atoms with Gasteiger partial charge in [0.2, 0.25) is 5.91 Å². The van der Waals surface area contributed by atoms with Crippen LogP contribution in [0.5, 0.6) is 0 Å². The Kier molecular flexibility index (Phi) is 3.68. The van der Waals surface area contributed by atoms with E-state index in [2.05, 4.69) is 9.97 Å². The third-order valence-corrected chi connectivity index (χ3v) is 4.04. The molecular weight excluding hydrogens is 262 g/mol. The van der Waals surface area contributed by atoms with Crippen LogP contribution in [-0.4, -0.2) is 34.4 Å².